The number of anilines is 1. The van der Waals surface area contributed by atoms with E-state index in [9.17, 15) is 13.2 Å². The molecular weight excluding hydrogens is 280 g/mol. The molecule has 2 rings (SSSR count). The maximum atomic E-state index is 11.9. The number of carboxylic acids is 1. The Kier molecular flexibility index (Phi) is 4.19. The summed E-state index contributed by atoms with van der Waals surface area (Å²) in [6, 6.07) is 8.66. The normalized spacial score (nSPS) is 11.4. The van der Waals surface area contributed by atoms with Crippen LogP contribution in [0.3, 0.4) is 0 Å². The van der Waals surface area contributed by atoms with Crippen molar-refractivity contribution in [2.75, 3.05) is 10.5 Å². The molecule has 6 nitrogen and oxygen atoms in total. The van der Waals surface area contributed by atoms with Gasteiger partial charge in [-0.25, -0.2) is 8.42 Å². The maximum absolute atomic E-state index is 11.9. The van der Waals surface area contributed by atoms with E-state index in [1.807, 2.05) is 0 Å². The first-order chi connectivity index (χ1) is 9.48. The fourth-order valence-corrected chi connectivity index (χ4v) is 2.96. The second kappa shape index (κ2) is 5.87. The smallest absolute Gasteiger partial charge is 0.303 e. The molecule has 0 amide bonds. The van der Waals surface area contributed by atoms with Crippen molar-refractivity contribution in [3.05, 3.63) is 36.5 Å². The quantitative estimate of drug-likeness (QED) is 0.847. The molecule has 0 fully saturated rings. The molecule has 1 aromatic carbocycles. The minimum Gasteiger partial charge on any atom is -0.481 e. The Labute approximate surface area is 116 Å². The van der Waals surface area contributed by atoms with E-state index in [0.717, 1.165) is 0 Å². The standard InChI is InChI=1S/C13H14N2O4S/c16-13(17)7-3-9-20(18,19)15-12-6-1-5-11-10(12)4-2-8-14-11/h1-2,4-6,8,15H,3,7,9H2,(H,16,17). The second-order valence-electron chi connectivity index (χ2n) is 4.29. The van der Waals surface area contributed by atoms with Crippen molar-refractivity contribution in [1.82, 2.24) is 4.98 Å². The Balaban J connectivity index is 2.17. The number of carboxylic acid groups (broad SMARTS) is 1. The summed E-state index contributed by atoms with van der Waals surface area (Å²) in [4.78, 5) is 14.5. The lowest BCUT2D eigenvalue weighted by Crippen LogP contribution is -2.17. The molecule has 7 heteroatoms. The third-order valence-corrected chi connectivity index (χ3v) is 4.07. The summed E-state index contributed by atoms with van der Waals surface area (Å²) in [5.41, 5.74) is 1.14. The van der Waals surface area contributed by atoms with Crippen LogP contribution in [0.2, 0.25) is 0 Å². The van der Waals surface area contributed by atoms with E-state index in [-0.39, 0.29) is 18.6 Å². The largest absolute Gasteiger partial charge is 0.481 e. The lowest BCUT2D eigenvalue weighted by Gasteiger charge is -2.09. The fraction of sp³-hybridized carbons (Fsp3) is 0.231. The Bertz CT molecular complexity index is 723. The van der Waals surface area contributed by atoms with Crippen molar-refractivity contribution >= 4 is 32.6 Å². The van der Waals surface area contributed by atoms with Crippen molar-refractivity contribution in [3.63, 3.8) is 0 Å². The lowest BCUT2D eigenvalue weighted by molar-refractivity contribution is -0.137. The fourth-order valence-electron chi connectivity index (χ4n) is 1.82. The van der Waals surface area contributed by atoms with Crippen molar-refractivity contribution in [2.24, 2.45) is 0 Å². The molecule has 0 atom stereocenters. The molecule has 0 aliphatic carbocycles. The highest BCUT2D eigenvalue weighted by Gasteiger charge is 2.13. The number of hydrogen-bond acceptors (Lipinski definition) is 4. The first-order valence-corrected chi connectivity index (χ1v) is 7.69. The highest BCUT2D eigenvalue weighted by atomic mass is 32.2. The van der Waals surface area contributed by atoms with Gasteiger partial charge in [0.1, 0.15) is 0 Å². The molecule has 0 radical (unpaired) electrons. The number of nitrogens with zero attached hydrogens (tertiary/aromatic N) is 1. The third-order valence-electron chi connectivity index (χ3n) is 2.71. The predicted molar refractivity (Wildman–Crippen MR) is 76.0 cm³/mol. The first-order valence-electron chi connectivity index (χ1n) is 6.04. The van der Waals surface area contributed by atoms with Crippen LogP contribution in [0.15, 0.2) is 36.5 Å². The minimum absolute atomic E-state index is 0.0771. The Morgan fingerprint density at radius 2 is 2.05 bits per heavy atom. The van der Waals surface area contributed by atoms with Crippen LogP contribution in [0, 0.1) is 0 Å². The first kappa shape index (κ1) is 14.3. The number of fused-ring (bicyclic) bond motifs is 1. The van der Waals surface area contributed by atoms with E-state index >= 15 is 0 Å². The molecule has 0 bridgehead atoms. The summed E-state index contributed by atoms with van der Waals surface area (Å²) >= 11 is 0. The molecular formula is C13H14N2O4S. The number of rotatable bonds is 6. The number of hydrogen-bond donors (Lipinski definition) is 2. The maximum Gasteiger partial charge on any atom is 0.303 e. The van der Waals surface area contributed by atoms with Crippen LogP contribution >= 0.6 is 0 Å². The zero-order valence-electron chi connectivity index (χ0n) is 10.6. The number of sulfonamides is 1. The van der Waals surface area contributed by atoms with Gasteiger partial charge in [-0.2, -0.15) is 0 Å². The average molecular weight is 294 g/mol. The van der Waals surface area contributed by atoms with Gasteiger partial charge in [0.2, 0.25) is 10.0 Å². The van der Waals surface area contributed by atoms with Crippen LogP contribution < -0.4 is 4.72 Å². The monoisotopic (exact) mass is 294 g/mol. The number of carbonyl (C=O) groups is 1. The second-order valence-corrected chi connectivity index (χ2v) is 6.14. The molecule has 0 aliphatic heterocycles. The molecule has 0 unspecified atom stereocenters. The van der Waals surface area contributed by atoms with Crippen molar-refractivity contribution < 1.29 is 18.3 Å². The Hall–Kier alpha value is -2.15. The van der Waals surface area contributed by atoms with Gasteiger partial charge in [-0.3, -0.25) is 14.5 Å². The van der Waals surface area contributed by atoms with E-state index in [4.69, 9.17) is 5.11 Å². The van der Waals surface area contributed by atoms with E-state index in [1.54, 1.807) is 36.5 Å². The van der Waals surface area contributed by atoms with Gasteiger partial charge < -0.3 is 5.11 Å². The molecule has 1 heterocycles. The summed E-state index contributed by atoms with van der Waals surface area (Å²) in [5.74, 6) is -1.23. The van der Waals surface area contributed by atoms with Crippen molar-refractivity contribution in [3.8, 4) is 0 Å². The third kappa shape index (κ3) is 3.67. The molecule has 0 aliphatic rings. The van der Waals surface area contributed by atoms with Gasteiger partial charge in [-0.15, -0.1) is 0 Å². The molecule has 20 heavy (non-hydrogen) atoms. The highest BCUT2D eigenvalue weighted by molar-refractivity contribution is 7.92. The van der Waals surface area contributed by atoms with Crippen LogP contribution in [0.1, 0.15) is 12.8 Å². The van der Waals surface area contributed by atoms with E-state index < -0.39 is 16.0 Å². The summed E-state index contributed by atoms with van der Waals surface area (Å²) in [7, 11) is -3.56. The van der Waals surface area contributed by atoms with Crippen molar-refractivity contribution in [2.45, 2.75) is 12.8 Å². The van der Waals surface area contributed by atoms with E-state index in [0.29, 0.717) is 16.6 Å². The van der Waals surface area contributed by atoms with Gasteiger partial charge >= 0.3 is 5.97 Å². The molecule has 2 N–H and O–H groups in total. The molecule has 0 saturated heterocycles. The topological polar surface area (TPSA) is 96.4 Å². The molecule has 2 aromatic rings. The van der Waals surface area contributed by atoms with Crippen molar-refractivity contribution in [1.29, 1.82) is 0 Å². The number of aliphatic carboxylic acids is 1. The zero-order valence-corrected chi connectivity index (χ0v) is 11.4. The molecule has 0 spiro atoms. The van der Waals surface area contributed by atoms with Gasteiger partial charge in [0.05, 0.1) is 17.0 Å². The highest BCUT2D eigenvalue weighted by Crippen LogP contribution is 2.22. The zero-order chi connectivity index (χ0) is 14.6. The summed E-state index contributed by atoms with van der Waals surface area (Å²) in [6.07, 6.45) is 1.54. The lowest BCUT2D eigenvalue weighted by atomic mass is 10.2. The van der Waals surface area contributed by atoms with Crippen LogP contribution in [-0.2, 0) is 14.8 Å². The molecule has 1 aromatic heterocycles. The van der Waals surface area contributed by atoms with Crippen LogP contribution in [0.4, 0.5) is 5.69 Å². The Morgan fingerprint density at radius 3 is 2.80 bits per heavy atom. The van der Waals surface area contributed by atoms with Gasteiger partial charge in [0, 0.05) is 18.0 Å². The molecule has 106 valence electrons. The van der Waals surface area contributed by atoms with Crippen LogP contribution in [0.5, 0.6) is 0 Å². The summed E-state index contributed by atoms with van der Waals surface area (Å²) in [6.45, 7) is 0. The predicted octanol–water partition coefficient (Wildman–Crippen LogP) is 1.84. The van der Waals surface area contributed by atoms with E-state index in [1.165, 1.54) is 0 Å². The summed E-state index contributed by atoms with van der Waals surface area (Å²) in [5, 5.41) is 9.22. The van der Waals surface area contributed by atoms with Crippen LogP contribution in [-0.4, -0.2) is 30.2 Å². The van der Waals surface area contributed by atoms with E-state index in [2.05, 4.69) is 9.71 Å². The number of benzene rings is 1. The number of aromatic nitrogens is 1. The summed E-state index contributed by atoms with van der Waals surface area (Å²) < 4.78 is 26.3. The molecule has 0 saturated carbocycles. The van der Waals surface area contributed by atoms with Crippen LogP contribution in [0.25, 0.3) is 10.9 Å². The number of pyridine rings is 1. The average Bonchev–Trinajstić information content (AvgIpc) is 2.38. The minimum atomic E-state index is -3.56. The van der Waals surface area contributed by atoms with Gasteiger partial charge in [-0.05, 0) is 30.7 Å². The van der Waals surface area contributed by atoms with Gasteiger partial charge in [-0.1, -0.05) is 6.07 Å². The van der Waals surface area contributed by atoms with Gasteiger partial charge in [0.25, 0.3) is 0 Å². The number of nitrogens with one attached hydrogen (secondary N) is 1. The Morgan fingerprint density at radius 1 is 1.25 bits per heavy atom. The SMILES string of the molecule is O=C(O)CCCS(=O)(=O)Nc1cccc2ncccc12. The van der Waals surface area contributed by atoms with Gasteiger partial charge in [0.15, 0.2) is 0 Å².